The van der Waals surface area contributed by atoms with Crippen molar-refractivity contribution in [3.05, 3.63) is 36.4 Å². The topological polar surface area (TPSA) is 49.8 Å². The van der Waals surface area contributed by atoms with Gasteiger partial charge in [-0.25, -0.2) is 0 Å². The van der Waals surface area contributed by atoms with Crippen molar-refractivity contribution in [1.29, 1.82) is 0 Å². The van der Waals surface area contributed by atoms with Crippen molar-refractivity contribution in [2.75, 3.05) is 18.1 Å². The van der Waals surface area contributed by atoms with Crippen LogP contribution in [0.3, 0.4) is 0 Å². The number of β-amino-alcohol motifs (C(OH)–C–C–N with tert-alkyl or cyclic N) is 1. The molecule has 0 radical (unpaired) electrons. The molecule has 1 atom stereocenters. The van der Waals surface area contributed by atoms with Gasteiger partial charge in [0.2, 0.25) is 5.91 Å². The summed E-state index contributed by atoms with van der Waals surface area (Å²) in [6.07, 6.45) is -0.380. The lowest BCUT2D eigenvalue weighted by Crippen LogP contribution is -2.25. The molecular weight excluding hydrogens is 230 g/mol. The maximum atomic E-state index is 11.7. The predicted octanol–water partition coefficient (Wildman–Crippen LogP) is 1.74. The molecule has 4 nitrogen and oxygen atoms in total. The van der Waals surface area contributed by atoms with E-state index in [-0.39, 0.29) is 12.3 Å². The number of hydrogen-bond donors (Lipinski definition) is 1. The third-order valence-electron chi connectivity index (χ3n) is 2.72. The van der Waals surface area contributed by atoms with E-state index in [2.05, 4.69) is 6.58 Å². The van der Waals surface area contributed by atoms with E-state index in [1.54, 1.807) is 11.0 Å². The Balaban J connectivity index is 2.12. The highest BCUT2D eigenvalue weighted by atomic mass is 16.5. The van der Waals surface area contributed by atoms with Crippen molar-refractivity contribution in [3.63, 3.8) is 0 Å². The van der Waals surface area contributed by atoms with Crippen molar-refractivity contribution in [2.45, 2.75) is 19.4 Å². The fourth-order valence-electron chi connectivity index (χ4n) is 1.89. The zero-order valence-electron chi connectivity index (χ0n) is 10.4. The summed E-state index contributed by atoms with van der Waals surface area (Å²) in [6.45, 7) is 6.47. The van der Waals surface area contributed by atoms with E-state index in [0.29, 0.717) is 18.9 Å². The summed E-state index contributed by atoms with van der Waals surface area (Å²) in [5, 5.41) is 9.47. The molecule has 1 heterocycles. The third kappa shape index (κ3) is 2.90. The molecule has 0 aliphatic carbocycles. The summed E-state index contributed by atoms with van der Waals surface area (Å²) >= 11 is 0. The quantitative estimate of drug-likeness (QED) is 0.824. The lowest BCUT2D eigenvalue weighted by atomic mass is 10.2. The molecule has 1 unspecified atom stereocenters. The third-order valence-corrected chi connectivity index (χ3v) is 2.72. The molecular formula is C14H17NO3. The van der Waals surface area contributed by atoms with E-state index in [1.165, 1.54) is 0 Å². The Kier molecular flexibility index (Phi) is 3.67. The number of rotatable bonds is 4. The number of nitrogens with zero attached hydrogens (tertiary/aromatic N) is 1. The molecule has 1 aliphatic rings. The molecule has 1 aliphatic heterocycles. The summed E-state index contributed by atoms with van der Waals surface area (Å²) in [5.74, 6) is 0.643. The molecule has 1 aromatic carbocycles. The molecule has 1 aromatic rings. The summed E-state index contributed by atoms with van der Waals surface area (Å²) in [5.41, 5.74) is 1.70. The van der Waals surface area contributed by atoms with Crippen LogP contribution in [-0.2, 0) is 4.79 Å². The van der Waals surface area contributed by atoms with Crippen LogP contribution >= 0.6 is 0 Å². The van der Waals surface area contributed by atoms with Crippen LogP contribution < -0.4 is 9.64 Å². The Morgan fingerprint density at radius 2 is 2.39 bits per heavy atom. The summed E-state index contributed by atoms with van der Waals surface area (Å²) in [6, 6.07) is 7.31. The van der Waals surface area contributed by atoms with Gasteiger partial charge in [0.1, 0.15) is 12.4 Å². The standard InChI is InChI=1S/C14H17NO3/c1-10(2)9-18-13-5-3-4-11(6-13)15-8-12(16)7-14(15)17/h3-6,12,16H,1,7-9H2,2H3. The number of benzene rings is 1. The first-order chi connectivity index (χ1) is 8.56. The van der Waals surface area contributed by atoms with Crippen LogP contribution in [0.4, 0.5) is 5.69 Å². The molecule has 18 heavy (non-hydrogen) atoms. The molecule has 0 bridgehead atoms. The normalized spacial score (nSPS) is 19.1. The monoisotopic (exact) mass is 247 g/mol. The number of amides is 1. The predicted molar refractivity (Wildman–Crippen MR) is 69.7 cm³/mol. The van der Waals surface area contributed by atoms with Gasteiger partial charge in [0.05, 0.1) is 19.1 Å². The minimum absolute atomic E-state index is 0.0560. The van der Waals surface area contributed by atoms with Gasteiger partial charge < -0.3 is 14.7 Å². The van der Waals surface area contributed by atoms with E-state index >= 15 is 0 Å². The molecule has 0 saturated carbocycles. The molecule has 2 rings (SSSR count). The van der Waals surface area contributed by atoms with Gasteiger partial charge in [-0.05, 0) is 24.6 Å². The highest BCUT2D eigenvalue weighted by molar-refractivity contribution is 5.96. The Labute approximate surface area is 106 Å². The molecule has 1 N–H and O–H groups in total. The highest BCUT2D eigenvalue weighted by Crippen LogP contribution is 2.25. The molecule has 1 saturated heterocycles. The van der Waals surface area contributed by atoms with Crippen molar-refractivity contribution in [3.8, 4) is 5.75 Å². The van der Waals surface area contributed by atoms with Crippen LogP contribution in [0.1, 0.15) is 13.3 Å². The molecule has 0 aromatic heterocycles. The first-order valence-electron chi connectivity index (χ1n) is 5.92. The average molecular weight is 247 g/mol. The maximum Gasteiger partial charge on any atom is 0.229 e. The fourth-order valence-corrected chi connectivity index (χ4v) is 1.89. The van der Waals surface area contributed by atoms with Crippen LogP contribution in [0.2, 0.25) is 0 Å². The molecule has 1 fully saturated rings. The lowest BCUT2D eigenvalue weighted by Gasteiger charge is -2.17. The number of carbonyl (C=O) groups is 1. The van der Waals surface area contributed by atoms with Crippen LogP contribution in [0.25, 0.3) is 0 Å². The number of anilines is 1. The second-order valence-corrected chi connectivity index (χ2v) is 4.61. The van der Waals surface area contributed by atoms with Gasteiger partial charge in [-0.15, -0.1) is 0 Å². The van der Waals surface area contributed by atoms with Crippen LogP contribution in [0.15, 0.2) is 36.4 Å². The lowest BCUT2D eigenvalue weighted by molar-refractivity contribution is -0.117. The molecule has 0 spiro atoms. The van der Waals surface area contributed by atoms with E-state index in [4.69, 9.17) is 4.74 Å². The van der Waals surface area contributed by atoms with Gasteiger partial charge in [-0.2, -0.15) is 0 Å². The van der Waals surface area contributed by atoms with Crippen molar-refractivity contribution >= 4 is 11.6 Å². The Hall–Kier alpha value is -1.81. The SMILES string of the molecule is C=C(C)COc1cccc(N2CC(O)CC2=O)c1. The van der Waals surface area contributed by atoms with Crippen LogP contribution in [0, 0.1) is 0 Å². The number of ether oxygens (including phenoxy) is 1. The largest absolute Gasteiger partial charge is 0.489 e. The van der Waals surface area contributed by atoms with Crippen LogP contribution in [0.5, 0.6) is 5.75 Å². The first kappa shape index (κ1) is 12.6. The van der Waals surface area contributed by atoms with Gasteiger partial charge >= 0.3 is 0 Å². The van der Waals surface area contributed by atoms with E-state index in [0.717, 1.165) is 11.3 Å². The Bertz CT molecular complexity index is 470. The number of carbonyl (C=O) groups excluding carboxylic acids is 1. The van der Waals surface area contributed by atoms with Gasteiger partial charge in [0, 0.05) is 11.8 Å². The van der Waals surface area contributed by atoms with Gasteiger partial charge in [0.15, 0.2) is 0 Å². The van der Waals surface area contributed by atoms with Crippen molar-refractivity contribution in [2.24, 2.45) is 0 Å². The first-order valence-corrected chi connectivity index (χ1v) is 5.92. The van der Waals surface area contributed by atoms with E-state index in [9.17, 15) is 9.90 Å². The van der Waals surface area contributed by atoms with Crippen molar-refractivity contribution < 1.29 is 14.6 Å². The second-order valence-electron chi connectivity index (χ2n) is 4.61. The summed E-state index contributed by atoms with van der Waals surface area (Å²) < 4.78 is 5.53. The molecule has 96 valence electrons. The second kappa shape index (κ2) is 5.23. The fraction of sp³-hybridized carbons (Fsp3) is 0.357. The highest BCUT2D eigenvalue weighted by Gasteiger charge is 2.29. The van der Waals surface area contributed by atoms with Gasteiger partial charge in [0.25, 0.3) is 0 Å². The summed E-state index contributed by atoms with van der Waals surface area (Å²) in [4.78, 5) is 13.3. The van der Waals surface area contributed by atoms with Gasteiger partial charge in [-0.3, -0.25) is 4.79 Å². The maximum absolute atomic E-state index is 11.7. The minimum Gasteiger partial charge on any atom is -0.489 e. The van der Waals surface area contributed by atoms with Gasteiger partial charge in [-0.1, -0.05) is 12.6 Å². The smallest absolute Gasteiger partial charge is 0.229 e. The molecule has 1 amide bonds. The molecule has 4 heteroatoms. The summed E-state index contributed by atoms with van der Waals surface area (Å²) in [7, 11) is 0. The number of aliphatic hydroxyl groups is 1. The number of hydrogen-bond acceptors (Lipinski definition) is 3. The number of aliphatic hydroxyl groups excluding tert-OH is 1. The zero-order valence-corrected chi connectivity index (χ0v) is 10.4. The van der Waals surface area contributed by atoms with Crippen molar-refractivity contribution in [1.82, 2.24) is 0 Å². The minimum atomic E-state index is -0.572. The Morgan fingerprint density at radius 3 is 3.00 bits per heavy atom. The van der Waals surface area contributed by atoms with E-state index < -0.39 is 6.10 Å². The zero-order chi connectivity index (χ0) is 13.1. The van der Waals surface area contributed by atoms with E-state index in [1.807, 2.05) is 25.1 Å². The Morgan fingerprint density at radius 1 is 1.61 bits per heavy atom. The van der Waals surface area contributed by atoms with Crippen LogP contribution in [-0.4, -0.2) is 30.3 Å². The average Bonchev–Trinajstić information content (AvgIpc) is 2.66.